The van der Waals surface area contributed by atoms with Gasteiger partial charge in [0, 0.05) is 18.2 Å². The highest BCUT2D eigenvalue weighted by atomic mass is 19.1. The van der Waals surface area contributed by atoms with Crippen LogP contribution < -0.4 is 5.32 Å². The molecule has 2 aliphatic rings. The fourth-order valence-electron chi connectivity index (χ4n) is 5.31. The normalized spacial score (nSPS) is 23.1. The van der Waals surface area contributed by atoms with E-state index < -0.39 is 11.8 Å². The van der Waals surface area contributed by atoms with Gasteiger partial charge < -0.3 is 20.1 Å². The fraction of sp³-hybridized carbons (Fsp3) is 0.483. The number of carbonyl (C=O) groups is 2. The molecule has 1 amide bonds. The number of para-hydroxylation sites is 1. The minimum absolute atomic E-state index is 0.0767. The largest absolute Gasteiger partial charge is 0.481 e. The molecule has 1 aliphatic carbocycles. The van der Waals surface area contributed by atoms with E-state index in [1.165, 1.54) is 6.07 Å². The van der Waals surface area contributed by atoms with E-state index in [1.54, 1.807) is 30.3 Å². The quantitative estimate of drug-likeness (QED) is 0.500. The topological polar surface area (TPSA) is 91.2 Å². The maximum absolute atomic E-state index is 14.4. The highest BCUT2D eigenvalue weighted by Gasteiger charge is 2.40. The average molecular weight is 510 g/mol. The van der Waals surface area contributed by atoms with Gasteiger partial charge in [0.25, 0.3) is 11.9 Å². The zero-order valence-electron chi connectivity index (χ0n) is 21.7. The third-order valence-electron chi connectivity index (χ3n) is 7.49. The molecule has 7 nitrogen and oxygen atoms in total. The van der Waals surface area contributed by atoms with Crippen LogP contribution in [0.4, 0.5) is 10.1 Å². The first kappa shape index (κ1) is 26.6. The van der Waals surface area contributed by atoms with E-state index in [2.05, 4.69) is 36.0 Å². The Kier molecular flexibility index (Phi) is 8.15. The van der Waals surface area contributed by atoms with E-state index >= 15 is 0 Å². The second kappa shape index (κ2) is 11.3. The summed E-state index contributed by atoms with van der Waals surface area (Å²) in [6.45, 7) is 7.35. The molecule has 1 saturated carbocycles. The van der Waals surface area contributed by atoms with Crippen LogP contribution in [0.25, 0.3) is 0 Å². The van der Waals surface area contributed by atoms with Gasteiger partial charge >= 0.3 is 5.97 Å². The Morgan fingerprint density at radius 1 is 1.08 bits per heavy atom. The molecule has 198 valence electrons. The van der Waals surface area contributed by atoms with Gasteiger partial charge in [-0.2, -0.15) is 4.99 Å². The lowest BCUT2D eigenvalue weighted by Crippen LogP contribution is -2.42. The van der Waals surface area contributed by atoms with E-state index in [0.717, 1.165) is 31.2 Å². The van der Waals surface area contributed by atoms with Crippen molar-refractivity contribution in [2.45, 2.75) is 65.0 Å². The van der Waals surface area contributed by atoms with E-state index in [4.69, 9.17) is 9.84 Å². The number of benzene rings is 2. The van der Waals surface area contributed by atoms with E-state index in [0.29, 0.717) is 24.1 Å². The third kappa shape index (κ3) is 6.48. The maximum atomic E-state index is 14.4. The number of nitrogens with zero attached hydrogens (tertiary/aromatic N) is 2. The Labute approximate surface area is 217 Å². The van der Waals surface area contributed by atoms with Gasteiger partial charge in [0.2, 0.25) is 0 Å². The molecular weight excluding hydrogens is 473 g/mol. The van der Waals surface area contributed by atoms with Crippen LogP contribution in [0.2, 0.25) is 0 Å². The molecule has 1 aliphatic heterocycles. The summed E-state index contributed by atoms with van der Waals surface area (Å²) in [4.78, 5) is 29.9. The maximum Gasteiger partial charge on any atom is 0.305 e. The summed E-state index contributed by atoms with van der Waals surface area (Å²) < 4.78 is 20.5. The van der Waals surface area contributed by atoms with Crippen LogP contribution in [-0.4, -0.2) is 47.1 Å². The van der Waals surface area contributed by atoms with Crippen LogP contribution in [0.1, 0.15) is 74.8 Å². The third-order valence-corrected chi connectivity index (χ3v) is 7.49. The predicted octanol–water partition coefficient (Wildman–Crippen LogP) is 5.70. The van der Waals surface area contributed by atoms with Gasteiger partial charge in [0.1, 0.15) is 18.1 Å². The molecule has 2 aromatic rings. The van der Waals surface area contributed by atoms with Crippen molar-refractivity contribution in [1.29, 1.82) is 0 Å². The van der Waals surface area contributed by atoms with E-state index in [1.807, 2.05) is 12.1 Å². The molecule has 8 heteroatoms. The van der Waals surface area contributed by atoms with Gasteiger partial charge in [-0.1, -0.05) is 45.0 Å². The minimum atomic E-state index is -0.957. The van der Waals surface area contributed by atoms with Crippen molar-refractivity contribution in [2.24, 2.45) is 16.3 Å². The monoisotopic (exact) mass is 509 g/mol. The number of hydrogen-bond donors (Lipinski definition) is 2. The Morgan fingerprint density at radius 2 is 1.76 bits per heavy atom. The average Bonchev–Trinajstić information content (AvgIpc) is 3.28. The molecule has 2 N–H and O–H groups in total. The number of carboxylic acids is 1. The van der Waals surface area contributed by atoms with E-state index in [-0.39, 0.29) is 42.1 Å². The number of aliphatic imine (C=N–C) groups is 1. The molecule has 0 aromatic heterocycles. The summed E-state index contributed by atoms with van der Waals surface area (Å²) in [5, 5.41) is 11.4. The lowest BCUT2D eigenvalue weighted by Gasteiger charge is -2.41. The number of halogens is 1. The van der Waals surface area contributed by atoms with Crippen LogP contribution in [0.15, 0.2) is 53.5 Å². The minimum Gasteiger partial charge on any atom is -0.481 e. The van der Waals surface area contributed by atoms with Gasteiger partial charge in [0.15, 0.2) is 0 Å². The van der Waals surface area contributed by atoms with Crippen molar-refractivity contribution in [2.75, 3.05) is 13.2 Å². The smallest absolute Gasteiger partial charge is 0.305 e. The van der Waals surface area contributed by atoms with E-state index in [9.17, 15) is 14.0 Å². The van der Waals surface area contributed by atoms with Gasteiger partial charge in [-0.25, -0.2) is 4.39 Å². The molecule has 0 bridgehead atoms. The van der Waals surface area contributed by atoms with Crippen LogP contribution in [0.5, 0.6) is 0 Å². The van der Waals surface area contributed by atoms with Crippen molar-refractivity contribution >= 4 is 23.6 Å². The van der Waals surface area contributed by atoms with Crippen molar-refractivity contribution in [3.05, 3.63) is 65.5 Å². The van der Waals surface area contributed by atoms with Crippen molar-refractivity contribution < 1.29 is 23.8 Å². The first-order valence-electron chi connectivity index (χ1n) is 13.0. The molecule has 1 saturated heterocycles. The summed E-state index contributed by atoms with van der Waals surface area (Å²) in [6.07, 6.45) is 4.10. The summed E-state index contributed by atoms with van der Waals surface area (Å²) >= 11 is 0. The standard InChI is InChI=1S/C29H36FN3O4/c1-29(2,3)21-12-14-22(15-13-21)33-25(18-37-28(33)32-24-7-5-4-6-23(24)30)19-8-10-20(11-9-19)27(36)31-17-16-26(34)35/h4-11,21-22,25H,12-18H2,1-3H3,(H,31,36)(H,34,35)/b32-28-. The first-order chi connectivity index (χ1) is 17.6. The van der Waals surface area contributed by atoms with Crippen molar-refractivity contribution in [3.8, 4) is 0 Å². The Morgan fingerprint density at radius 3 is 2.38 bits per heavy atom. The first-order valence-corrected chi connectivity index (χ1v) is 13.0. The van der Waals surface area contributed by atoms with Crippen LogP contribution in [0.3, 0.4) is 0 Å². The molecule has 1 atom stereocenters. The number of nitrogens with one attached hydrogen (secondary N) is 1. The number of rotatable bonds is 7. The van der Waals surface area contributed by atoms with Gasteiger partial charge in [-0.3, -0.25) is 9.59 Å². The van der Waals surface area contributed by atoms with Gasteiger partial charge in [-0.15, -0.1) is 0 Å². The lowest BCUT2D eigenvalue weighted by molar-refractivity contribution is -0.136. The van der Waals surface area contributed by atoms with Crippen molar-refractivity contribution in [1.82, 2.24) is 10.2 Å². The van der Waals surface area contributed by atoms with Gasteiger partial charge in [-0.05, 0) is 66.8 Å². The Balaban J connectivity index is 1.56. The second-order valence-corrected chi connectivity index (χ2v) is 11.0. The highest BCUT2D eigenvalue weighted by molar-refractivity contribution is 5.94. The molecule has 2 aromatic carbocycles. The molecule has 1 unspecified atom stereocenters. The summed E-state index contributed by atoms with van der Waals surface area (Å²) in [7, 11) is 0. The summed E-state index contributed by atoms with van der Waals surface area (Å²) in [5.41, 5.74) is 1.96. The lowest BCUT2D eigenvalue weighted by atomic mass is 9.71. The SMILES string of the molecule is CC(C)(C)C1CCC(N2/C(=N/c3ccccc3F)OCC2c2ccc(C(=O)NCCC(=O)O)cc2)CC1. The molecule has 37 heavy (non-hydrogen) atoms. The summed E-state index contributed by atoms with van der Waals surface area (Å²) in [5.74, 6) is -1.01. The molecular formula is C29H36FN3O4. The molecule has 2 fully saturated rings. The number of aliphatic carboxylic acids is 1. The van der Waals surface area contributed by atoms with Gasteiger partial charge in [0.05, 0.1) is 12.5 Å². The Bertz CT molecular complexity index is 1130. The Hall–Kier alpha value is -3.42. The fourth-order valence-corrected chi connectivity index (χ4v) is 5.31. The highest BCUT2D eigenvalue weighted by Crippen LogP contribution is 2.42. The number of ether oxygens (including phenoxy) is 1. The zero-order chi connectivity index (χ0) is 26.6. The zero-order valence-corrected chi connectivity index (χ0v) is 21.7. The van der Waals surface area contributed by atoms with Crippen LogP contribution >= 0.6 is 0 Å². The molecule has 0 spiro atoms. The number of carboxylic acid groups (broad SMARTS) is 1. The molecule has 1 heterocycles. The van der Waals surface area contributed by atoms with Crippen LogP contribution in [-0.2, 0) is 9.53 Å². The molecule has 4 rings (SSSR count). The number of hydrogen-bond acceptors (Lipinski definition) is 4. The summed E-state index contributed by atoms with van der Waals surface area (Å²) in [6, 6.07) is 14.3. The molecule has 0 radical (unpaired) electrons. The number of carbonyl (C=O) groups excluding carboxylic acids is 1. The number of amides is 1. The number of amidine groups is 1. The van der Waals surface area contributed by atoms with Crippen LogP contribution in [0, 0.1) is 17.2 Å². The van der Waals surface area contributed by atoms with Crippen molar-refractivity contribution in [3.63, 3.8) is 0 Å². The second-order valence-electron chi connectivity index (χ2n) is 11.0. The predicted molar refractivity (Wildman–Crippen MR) is 140 cm³/mol.